The minimum absolute atomic E-state index is 0.0382. The summed E-state index contributed by atoms with van der Waals surface area (Å²) in [6.07, 6.45) is 4.57. The van der Waals surface area contributed by atoms with Crippen LogP contribution in [-0.4, -0.2) is 39.0 Å². The van der Waals surface area contributed by atoms with Gasteiger partial charge in [-0.3, -0.25) is 4.79 Å². The molecule has 0 saturated carbocycles. The Kier molecular flexibility index (Phi) is 6.07. The quantitative estimate of drug-likeness (QED) is 0.739. The van der Waals surface area contributed by atoms with Crippen molar-refractivity contribution in [2.24, 2.45) is 0 Å². The second-order valence-electron chi connectivity index (χ2n) is 7.82. The molecule has 0 aromatic carbocycles. The average Bonchev–Trinajstić information content (AvgIpc) is 2.45. The topological polar surface area (TPSA) is 43.5 Å². The first-order valence-electron chi connectivity index (χ1n) is 8.94. The summed E-state index contributed by atoms with van der Waals surface area (Å²) >= 11 is 0. The van der Waals surface area contributed by atoms with Gasteiger partial charge in [-0.15, -0.1) is 10.3 Å². The number of carbonyl (C=O) groups is 1. The molecule has 0 aromatic rings. The van der Waals surface area contributed by atoms with Gasteiger partial charge < -0.3 is 4.90 Å². The number of amides is 1. The second kappa shape index (κ2) is 6.88. The lowest BCUT2D eigenvalue weighted by molar-refractivity contribution is -0.308. The van der Waals surface area contributed by atoms with Crippen molar-refractivity contribution in [3.05, 3.63) is 0 Å². The predicted molar refractivity (Wildman–Crippen MR) is 89.9 cm³/mol. The van der Waals surface area contributed by atoms with Crippen LogP contribution in [0.25, 0.3) is 0 Å². The molecule has 0 aromatic heterocycles. The lowest BCUT2D eigenvalue weighted by Gasteiger charge is -2.58. The van der Waals surface area contributed by atoms with E-state index >= 15 is 0 Å². The fraction of sp³-hybridized carbons (Fsp3) is 0.944. The van der Waals surface area contributed by atoms with Gasteiger partial charge in [0.1, 0.15) is 5.54 Å². The third-order valence-corrected chi connectivity index (χ3v) is 5.37. The third-order valence-electron chi connectivity index (χ3n) is 5.37. The maximum Gasteiger partial charge on any atom is 0.246 e. The third kappa shape index (κ3) is 3.05. The van der Waals surface area contributed by atoms with Crippen molar-refractivity contribution in [2.75, 3.05) is 6.54 Å². The first-order chi connectivity index (χ1) is 10.1. The van der Waals surface area contributed by atoms with E-state index in [1.807, 2.05) is 4.90 Å². The number of piperazine rings is 1. The van der Waals surface area contributed by atoms with E-state index < -0.39 is 11.1 Å². The maximum atomic E-state index is 13.4. The van der Waals surface area contributed by atoms with Crippen molar-refractivity contribution >= 4 is 5.91 Å². The monoisotopic (exact) mass is 311 g/mol. The van der Waals surface area contributed by atoms with Gasteiger partial charge in [-0.05, 0) is 46.5 Å². The summed E-state index contributed by atoms with van der Waals surface area (Å²) in [7, 11) is 0. The standard InChI is InChI=1S/C18H35N2O2/c1-8-12-18(13-9-2)15(21)19(16(5,6)7)14-17(10-3,11-4)20(18)22/h8-14H2,1-7H3. The minimum atomic E-state index is -0.874. The van der Waals surface area contributed by atoms with E-state index in [0.29, 0.717) is 19.4 Å². The van der Waals surface area contributed by atoms with Crippen LogP contribution >= 0.6 is 0 Å². The summed E-state index contributed by atoms with van der Waals surface area (Å²) in [4.78, 5) is 15.3. The smallest absolute Gasteiger partial charge is 0.246 e. The van der Waals surface area contributed by atoms with E-state index in [0.717, 1.165) is 25.7 Å². The number of hydrogen-bond acceptors (Lipinski definition) is 2. The Balaban J connectivity index is 3.45. The van der Waals surface area contributed by atoms with Crippen LogP contribution in [0.15, 0.2) is 0 Å². The molecule has 0 spiro atoms. The molecular formula is C18H35N2O2. The maximum absolute atomic E-state index is 13.4. The molecule has 1 aliphatic rings. The highest BCUT2D eigenvalue weighted by Gasteiger charge is 2.59. The van der Waals surface area contributed by atoms with E-state index in [1.54, 1.807) is 0 Å². The predicted octanol–water partition coefficient (Wildman–Crippen LogP) is 4.17. The molecule has 0 atom stereocenters. The van der Waals surface area contributed by atoms with Gasteiger partial charge >= 0.3 is 0 Å². The van der Waals surface area contributed by atoms with Gasteiger partial charge in [-0.2, -0.15) is 0 Å². The molecule has 0 N–H and O–H groups in total. The largest absolute Gasteiger partial charge is 0.334 e. The van der Waals surface area contributed by atoms with E-state index in [9.17, 15) is 10.0 Å². The zero-order valence-corrected chi connectivity index (χ0v) is 15.7. The molecular weight excluding hydrogens is 276 g/mol. The lowest BCUT2D eigenvalue weighted by Crippen LogP contribution is -2.75. The summed E-state index contributed by atoms with van der Waals surface area (Å²) in [5.41, 5.74) is -1.58. The van der Waals surface area contributed by atoms with Gasteiger partial charge in [-0.25, -0.2) is 0 Å². The zero-order chi connectivity index (χ0) is 17.2. The molecule has 0 unspecified atom stereocenters. The van der Waals surface area contributed by atoms with Gasteiger partial charge in [-0.1, -0.05) is 40.5 Å². The summed E-state index contributed by atoms with van der Waals surface area (Å²) < 4.78 is 0. The fourth-order valence-electron chi connectivity index (χ4n) is 3.89. The first kappa shape index (κ1) is 19.4. The molecule has 1 aliphatic heterocycles. The van der Waals surface area contributed by atoms with Crippen molar-refractivity contribution in [2.45, 2.75) is 104 Å². The van der Waals surface area contributed by atoms with Crippen molar-refractivity contribution in [3.8, 4) is 0 Å². The van der Waals surface area contributed by atoms with Crippen LogP contribution in [0.2, 0.25) is 0 Å². The average molecular weight is 311 g/mol. The molecule has 22 heavy (non-hydrogen) atoms. The molecule has 4 heteroatoms. The van der Waals surface area contributed by atoms with Crippen LogP contribution in [0, 0.1) is 0 Å². The van der Waals surface area contributed by atoms with Gasteiger partial charge in [0.2, 0.25) is 5.91 Å². The first-order valence-corrected chi connectivity index (χ1v) is 8.94. The Morgan fingerprint density at radius 2 is 1.45 bits per heavy atom. The van der Waals surface area contributed by atoms with Crippen LogP contribution < -0.4 is 0 Å². The summed E-state index contributed by atoms with van der Waals surface area (Å²) in [5, 5.41) is 14.6. The van der Waals surface area contributed by atoms with E-state index in [2.05, 4.69) is 48.5 Å². The number of rotatable bonds is 6. The number of nitrogens with zero attached hydrogens (tertiary/aromatic N) is 2. The van der Waals surface area contributed by atoms with Gasteiger partial charge in [0, 0.05) is 12.1 Å². The Morgan fingerprint density at radius 1 is 1.00 bits per heavy atom. The normalized spacial score (nSPS) is 22.2. The van der Waals surface area contributed by atoms with Gasteiger partial charge in [0.05, 0.1) is 5.54 Å². The highest BCUT2D eigenvalue weighted by Crippen LogP contribution is 2.43. The van der Waals surface area contributed by atoms with Crippen molar-refractivity contribution in [1.29, 1.82) is 0 Å². The molecule has 1 radical (unpaired) electrons. The zero-order valence-electron chi connectivity index (χ0n) is 15.7. The van der Waals surface area contributed by atoms with Crippen LogP contribution in [0.5, 0.6) is 0 Å². The van der Waals surface area contributed by atoms with Crippen LogP contribution in [0.1, 0.15) is 87.0 Å². The molecule has 1 saturated heterocycles. The highest BCUT2D eigenvalue weighted by atomic mass is 16.5. The van der Waals surface area contributed by atoms with Crippen molar-refractivity contribution < 1.29 is 10.0 Å². The Hall–Kier alpha value is -0.610. The second-order valence-corrected chi connectivity index (χ2v) is 7.82. The fourth-order valence-corrected chi connectivity index (χ4v) is 3.89. The van der Waals surface area contributed by atoms with Crippen molar-refractivity contribution in [1.82, 2.24) is 9.96 Å². The molecule has 0 aliphatic carbocycles. The van der Waals surface area contributed by atoms with Crippen LogP contribution in [0.3, 0.4) is 0 Å². The van der Waals surface area contributed by atoms with E-state index in [1.165, 1.54) is 5.06 Å². The number of hydrogen-bond donors (Lipinski definition) is 0. The van der Waals surface area contributed by atoms with Gasteiger partial charge in [0.15, 0.2) is 0 Å². The van der Waals surface area contributed by atoms with Gasteiger partial charge in [0.25, 0.3) is 0 Å². The molecule has 1 heterocycles. The molecule has 1 fully saturated rings. The number of hydroxylamine groups is 2. The Morgan fingerprint density at radius 3 is 1.77 bits per heavy atom. The van der Waals surface area contributed by atoms with E-state index in [4.69, 9.17) is 0 Å². The number of carbonyl (C=O) groups excluding carboxylic acids is 1. The Bertz CT molecular complexity index is 377. The molecule has 1 amide bonds. The summed E-state index contributed by atoms with van der Waals surface area (Å²) in [6.45, 7) is 15.0. The minimum Gasteiger partial charge on any atom is -0.334 e. The van der Waals surface area contributed by atoms with Crippen molar-refractivity contribution in [3.63, 3.8) is 0 Å². The summed E-state index contributed by atoms with van der Waals surface area (Å²) in [6, 6.07) is 0. The molecule has 1 rings (SSSR count). The molecule has 0 bridgehead atoms. The molecule has 4 nitrogen and oxygen atoms in total. The SMILES string of the molecule is CCCC1(CCC)C(=O)N(C(C)(C)C)CC(CC)(CC)N1[O]. The lowest BCUT2D eigenvalue weighted by atomic mass is 9.75. The summed E-state index contributed by atoms with van der Waals surface area (Å²) in [5.74, 6) is 0.0382. The Labute approximate surface area is 136 Å². The highest BCUT2D eigenvalue weighted by molar-refractivity contribution is 5.88. The van der Waals surface area contributed by atoms with E-state index in [-0.39, 0.29) is 11.4 Å². The van der Waals surface area contributed by atoms with Crippen LogP contribution in [-0.2, 0) is 10.0 Å². The van der Waals surface area contributed by atoms with Crippen LogP contribution in [0.4, 0.5) is 0 Å². The molecule has 129 valence electrons.